The second-order valence-electron chi connectivity index (χ2n) is 7.51. The van der Waals surface area contributed by atoms with Gasteiger partial charge in [-0.25, -0.2) is 12.8 Å². The van der Waals surface area contributed by atoms with Crippen LogP contribution in [0.2, 0.25) is 0 Å². The Balaban J connectivity index is 1.37. The Morgan fingerprint density at radius 1 is 1.15 bits per heavy atom. The van der Waals surface area contributed by atoms with Crippen LogP contribution in [0.15, 0.2) is 47.4 Å². The molecule has 1 fully saturated rings. The maximum Gasteiger partial charge on any atom is 0.243 e. The number of nitrogens with one attached hydrogen (secondary N) is 1. The number of aromatic nitrogens is 4. The fraction of sp³-hybridized carbons (Fsp3) is 0.333. The summed E-state index contributed by atoms with van der Waals surface area (Å²) in [7, 11) is -3.57. The monoisotopic (exact) mass is 474 g/mol. The number of sulfonamides is 1. The van der Waals surface area contributed by atoms with Gasteiger partial charge in [0, 0.05) is 19.5 Å². The molecule has 174 valence electrons. The van der Waals surface area contributed by atoms with Crippen LogP contribution in [0, 0.1) is 12.7 Å². The standard InChI is InChI=1S/C21H23FN6O4S/c1-15-24-25-26-28(15)17-5-8-19(22)20(14-17)23-21(29)9-4-16-2-6-18(7-3-16)33(30,31)27-10-12-32-13-11-27/h2-3,5-8,14H,4,9-13H2,1H3,(H,23,29). The number of amides is 1. The van der Waals surface area contributed by atoms with Crippen molar-refractivity contribution >= 4 is 21.6 Å². The van der Waals surface area contributed by atoms with E-state index in [0.717, 1.165) is 5.56 Å². The van der Waals surface area contributed by atoms with Gasteiger partial charge in [0.25, 0.3) is 0 Å². The molecule has 2 aromatic carbocycles. The molecule has 0 bridgehead atoms. The second kappa shape index (κ2) is 9.73. The zero-order valence-electron chi connectivity index (χ0n) is 17.9. The van der Waals surface area contributed by atoms with Crippen LogP contribution in [0.5, 0.6) is 0 Å². The molecule has 1 amide bonds. The number of carbonyl (C=O) groups is 1. The Kier molecular flexibility index (Phi) is 6.77. The average molecular weight is 475 g/mol. The van der Waals surface area contributed by atoms with Crippen molar-refractivity contribution in [1.29, 1.82) is 0 Å². The summed E-state index contributed by atoms with van der Waals surface area (Å²) < 4.78 is 47.6. The van der Waals surface area contributed by atoms with Gasteiger partial charge in [0.15, 0.2) is 5.82 Å². The van der Waals surface area contributed by atoms with Crippen LogP contribution in [0.3, 0.4) is 0 Å². The maximum atomic E-state index is 14.2. The molecular weight excluding hydrogens is 451 g/mol. The van der Waals surface area contributed by atoms with Crippen molar-refractivity contribution in [2.24, 2.45) is 0 Å². The molecule has 1 aliphatic rings. The van der Waals surface area contributed by atoms with Crippen LogP contribution in [0.1, 0.15) is 17.8 Å². The van der Waals surface area contributed by atoms with Gasteiger partial charge >= 0.3 is 0 Å². The van der Waals surface area contributed by atoms with Crippen LogP contribution in [0.25, 0.3) is 5.69 Å². The molecule has 1 aromatic heterocycles. The highest BCUT2D eigenvalue weighted by Gasteiger charge is 2.26. The Morgan fingerprint density at radius 2 is 1.88 bits per heavy atom. The molecule has 4 rings (SSSR count). The Hall–Kier alpha value is -3.22. The van der Waals surface area contributed by atoms with Gasteiger partial charge < -0.3 is 10.1 Å². The van der Waals surface area contributed by atoms with E-state index in [9.17, 15) is 17.6 Å². The minimum Gasteiger partial charge on any atom is -0.379 e. The first kappa shape index (κ1) is 23.0. The lowest BCUT2D eigenvalue weighted by molar-refractivity contribution is -0.116. The number of nitrogens with zero attached hydrogens (tertiary/aromatic N) is 5. The molecule has 0 radical (unpaired) electrons. The van der Waals surface area contributed by atoms with Crippen LogP contribution in [-0.2, 0) is 26.0 Å². The van der Waals surface area contributed by atoms with Gasteiger partial charge in [0.2, 0.25) is 15.9 Å². The molecule has 0 atom stereocenters. The lowest BCUT2D eigenvalue weighted by Gasteiger charge is -2.26. The van der Waals surface area contributed by atoms with E-state index in [0.29, 0.717) is 44.2 Å². The highest BCUT2D eigenvalue weighted by Crippen LogP contribution is 2.21. The van der Waals surface area contributed by atoms with Crippen LogP contribution in [-0.4, -0.2) is 65.1 Å². The van der Waals surface area contributed by atoms with Gasteiger partial charge in [0.05, 0.1) is 29.5 Å². The largest absolute Gasteiger partial charge is 0.379 e. The van der Waals surface area contributed by atoms with E-state index in [1.54, 1.807) is 19.1 Å². The quantitative estimate of drug-likeness (QED) is 0.554. The van der Waals surface area contributed by atoms with Gasteiger partial charge in [0.1, 0.15) is 5.82 Å². The smallest absolute Gasteiger partial charge is 0.243 e. The van der Waals surface area contributed by atoms with Gasteiger partial charge in [-0.05, 0) is 59.7 Å². The summed E-state index contributed by atoms with van der Waals surface area (Å²) in [5.74, 6) is -0.419. The lowest BCUT2D eigenvalue weighted by Crippen LogP contribution is -2.40. The van der Waals surface area contributed by atoms with E-state index in [4.69, 9.17) is 4.74 Å². The zero-order chi connectivity index (χ0) is 23.4. The normalized spacial score (nSPS) is 14.8. The van der Waals surface area contributed by atoms with Gasteiger partial charge in [-0.2, -0.15) is 8.99 Å². The lowest BCUT2D eigenvalue weighted by atomic mass is 10.1. The van der Waals surface area contributed by atoms with Gasteiger partial charge in [-0.3, -0.25) is 4.79 Å². The Labute approximate surface area is 190 Å². The average Bonchev–Trinajstić information content (AvgIpc) is 3.26. The number of anilines is 1. The second-order valence-corrected chi connectivity index (χ2v) is 9.45. The van der Waals surface area contributed by atoms with Crippen LogP contribution in [0.4, 0.5) is 10.1 Å². The van der Waals surface area contributed by atoms with Crippen LogP contribution < -0.4 is 5.32 Å². The van der Waals surface area contributed by atoms with E-state index in [1.807, 2.05) is 0 Å². The van der Waals surface area contributed by atoms with Crippen molar-refractivity contribution in [3.8, 4) is 5.69 Å². The van der Waals surface area contributed by atoms with Crippen molar-refractivity contribution in [2.75, 3.05) is 31.6 Å². The number of benzene rings is 2. The molecule has 2 heterocycles. The summed E-state index contributed by atoms with van der Waals surface area (Å²) in [6.07, 6.45) is 0.472. The van der Waals surface area contributed by atoms with Gasteiger partial charge in [-0.15, -0.1) is 5.10 Å². The first-order valence-corrected chi connectivity index (χ1v) is 11.8. The number of hydrogen-bond donors (Lipinski definition) is 1. The fourth-order valence-corrected chi connectivity index (χ4v) is 4.85. The zero-order valence-corrected chi connectivity index (χ0v) is 18.8. The topological polar surface area (TPSA) is 119 Å². The minimum absolute atomic E-state index is 0.0272. The van der Waals surface area contributed by atoms with Gasteiger partial charge in [-0.1, -0.05) is 12.1 Å². The third-order valence-corrected chi connectivity index (χ3v) is 7.18. The van der Waals surface area contributed by atoms with E-state index in [-0.39, 0.29) is 22.9 Å². The number of hydrogen-bond acceptors (Lipinski definition) is 7. The number of ether oxygens (including phenoxy) is 1. The van der Waals surface area contributed by atoms with E-state index < -0.39 is 15.8 Å². The molecule has 0 aliphatic carbocycles. The molecule has 1 saturated heterocycles. The predicted octanol–water partition coefficient (Wildman–Crippen LogP) is 1.70. The predicted molar refractivity (Wildman–Crippen MR) is 117 cm³/mol. The SMILES string of the molecule is Cc1nnnn1-c1ccc(F)c(NC(=O)CCc2ccc(S(=O)(=O)N3CCOCC3)cc2)c1. The van der Waals surface area contributed by atoms with Crippen molar-refractivity contribution in [3.05, 3.63) is 59.7 Å². The molecule has 12 heteroatoms. The maximum absolute atomic E-state index is 14.2. The number of carbonyl (C=O) groups excluding carboxylic acids is 1. The molecule has 10 nitrogen and oxygen atoms in total. The summed E-state index contributed by atoms with van der Waals surface area (Å²) in [4.78, 5) is 12.6. The van der Waals surface area contributed by atoms with E-state index in [2.05, 4.69) is 20.8 Å². The molecule has 33 heavy (non-hydrogen) atoms. The molecule has 0 unspecified atom stereocenters. The van der Waals surface area contributed by atoms with Crippen molar-refractivity contribution in [1.82, 2.24) is 24.5 Å². The third-order valence-electron chi connectivity index (χ3n) is 5.27. The molecule has 1 aliphatic heterocycles. The number of tetrazole rings is 1. The summed E-state index contributed by atoms with van der Waals surface area (Å²) in [5, 5.41) is 13.8. The van der Waals surface area contributed by atoms with E-state index >= 15 is 0 Å². The van der Waals surface area contributed by atoms with Crippen molar-refractivity contribution in [2.45, 2.75) is 24.7 Å². The summed E-state index contributed by atoms with van der Waals surface area (Å²) in [5.41, 5.74) is 1.34. The van der Waals surface area contributed by atoms with E-state index in [1.165, 1.54) is 39.3 Å². The minimum atomic E-state index is -3.57. The summed E-state index contributed by atoms with van der Waals surface area (Å²) >= 11 is 0. The number of morpholine rings is 1. The first-order chi connectivity index (χ1) is 15.8. The Morgan fingerprint density at radius 3 is 2.55 bits per heavy atom. The van der Waals surface area contributed by atoms with Crippen LogP contribution >= 0.6 is 0 Å². The number of aryl methyl sites for hydroxylation is 2. The highest BCUT2D eigenvalue weighted by atomic mass is 32.2. The fourth-order valence-electron chi connectivity index (χ4n) is 3.45. The summed E-state index contributed by atoms with van der Waals surface area (Å²) in [6.45, 7) is 3.12. The molecule has 0 spiro atoms. The first-order valence-electron chi connectivity index (χ1n) is 10.4. The number of rotatable bonds is 7. The molecule has 3 aromatic rings. The molecule has 1 N–H and O–H groups in total. The highest BCUT2D eigenvalue weighted by molar-refractivity contribution is 7.89. The van der Waals surface area contributed by atoms with Crippen molar-refractivity contribution < 1.29 is 22.3 Å². The molecular formula is C21H23FN6O4S. The summed E-state index contributed by atoms with van der Waals surface area (Å²) in [6, 6.07) is 10.7. The number of halogens is 1. The Bertz CT molecular complexity index is 1240. The van der Waals surface area contributed by atoms with Crippen molar-refractivity contribution in [3.63, 3.8) is 0 Å². The third kappa shape index (κ3) is 5.24. The molecule has 0 saturated carbocycles.